The van der Waals surface area contributed by atoms with E-state index >= 15 is 0 Å². The Bertz CT molecular complexity index is 700. The minimum Gasteiger partial charge on any atom is -0.489 e. The molecule has 0 atom stereocenters. The molecule has 1 nitrogen and oxygen atoms in total. The first-order chi connectivity index (χ1) is 9.24. The van der Waals surface area contributed by atoms with E-state index in [1.807, 2.05) is 0 Å². The number of benzene rings is 2. The van der Waals surface area contributed by atoms with Gasteiger partial charge in [0.2, 0.25) is 0 Å². The van der Waals surface area contributed by atoms with Crippen LogP contribution in [0.15, 0.2) is 47.8 Å². The smallest absolute Gasteiger partial charge is 0.123 e. The molecule has 3 aromatic rings. The summed E-state index contributed by atoms with van der Waals surface area (Å²) in [5.41, 5.74) is 2.46. The standard InChI is InChI=1S/C16H13FOS/c1-11-3-2-4-15-12(10-19-16(11)15)9-18-14-7-5-13(17)6-8-14/h2-8,10H,9H2,1H3. The lowest BCUT2D eigenvalue weighted by Crippen LogP contribution is -1.94. The molecule has 0 saturated heterocycles. The molecule has 3 heteroatoms. The molecule has 0 aliphatic carbocycles. The van der Waals surface area contributed by atoms with Crippen LogP contribution in [0.25, 0.3) is 10.1 Å². The fraction of sp³-hybridized carbons (Fsp3) is 0.125. The number of rotatable bonds is 3. The largest absolute Gasteiger partial charge is 0.489 e. The average Bonchev–Trinajstić information content (AvgIpc) is 2.83. The lowest BCUT2D eigenvalue weighted by atomic mass is 10.1. The maximum absolute atomic E-state index is 12.8. The molecular formula is C16H13FOS. The highest BCUT2D eigenvalue weighted by molar-refractivity contribution is 7.17. The molecule has 3 rings (SSSR count). The van der Waals surface area contributed by atoms with Crippen molar-refractivity contribution in [2.45, 2.75) is 13.5 Å². The first-order valence-electron chi connectivity index (χ1n) is 6.08. The van der Waals surface area contributed by atoms with Crippen LogP contribution in [0, 0.1) is 12.7 Å². The van der Waals surface area contributed by atoms with Crippen LogP contribution >= 0.6 is 11.3 Å². The van der Waals surface area contributed by atoms with Gasteiger partial charge in [0, 0.05) is 10.3 Å². The minimum atomic E-state index is -0.246. The zero-order valence-electron chi connectivity index (χ0n) is 10.5. The van der Waals surface area contributed by atoms with Gasteiger partial charge in [0.1, 0.15) is 18.2 Å². The molecule has 2 aromatic carbocycles. The highest BCUT2D eigenvalue weighted by Gasteiger charge is 2.06. The van der Waals surface area contributed by atoms with E-state index in [9.17, 15) is 4.39 Å². The second kappa shape index (κ2) is 5.02. The van der Waals surface area contributed by atoms with Crippen molar-refractivity contribution in [2.24, 2.45) is 0 Å². The van der Waals surface area contributed by atoms with E-state index in [2.05, 4.69) is 30.5 Å². The van der Waals surface area contributed by atoms with E-state index in [0.29, 0.717) is 12.4 Å². The summed E-state index contributed by atoms with van der Waals surface area (Å²) in [7, 11) is 0. The molecule has 0 fully saturated rings. The maximum Gasteiger partial charge on any atom is 0.123 e. The normalized spacial score (nSPS) is 10.8. The average molecular weight is 272 g/mol. The quantitative estimate of drug-likeness (QED) is 0.657. The van der Waals surface area contributed by atoms with Gasteiger partial charge in [0.15, 0.2) is 0 Å². The third-order valence-corrected chi connectivity index (χ3v) is 4.26. The molecular weight excluding hydrogens is 259 g/mol. The van der Waals surface area contributed by atoms with Gasteiger partial charge in [0.05, 0.1) is 0 Å². The van der Waals surface area contributed by atoms with Crippen molar-refractivity contribution in [1.82, 2.24) is 0 Å². The summed E-state index contributed by atoms with van der Waals surface area (Å²) in [5, 5.41) is 3.37. The van der Waals surface area contributed by atoms with Gasteiger partial charge in [-0.3, -0.25) is 0 Å². The van der Waals surface area contributed by atoms with E-state index in [0.717, 1.165) is 0 Å². The van der Waals surface area contributed by atoms with Crippen LogP contribution in [0.5, 0.6) is 5.75 Å². The van der Waals surface area contributed by atoms with Gasteiger partial charge in [0.25, 0.3) is 0 Å². The molecule has 0 aliphatic rings. The van der Waals surface area contributed by atoms with Crippen LogP contribution in [-0.4, -0.2) is 0 Å². The molecule has 0 saturated carbocycles. The predicted molar refractivity (Wildman–Crippen MR) is 77.3 cm³/mol. The Balaban J connectivity index is 1.82. The Hall–Kier alpha value is -1.87. The molecule has 0 unspecified atom stereocenters. The highest BCUT2D eigenvalue weighted by atomic mass is 32.1. The Morgan fingerprint density at radius 3 is 2.68 bits per heavy atom. The summed E-state index contributed by atoms with van der Waals surface area (Å²) < 4.78 is 19.8. The van der Waals surface area contributed by atoms with Gasteiger partial charge in [-0.15, -0.1) is 11.3 Å². The molecule has 0 aliphatic heterocycles. The molecule has 19 heavy (non-hydrogen) atoms. The predicted octanol–water partition coefficient (Wildman–Crippen LogP) is 4.93. The Kier molecular flexibility index (Phi) is 3.22. The molecule has 0 amide bonds. The number of aryl methyl sites for hydroxylation is 1. The van der Waals surface area contributed by atoms with Gasteiger partial charge in [-0.05, 0) is 47.5 Å². The van der Waals surface area contributed by atoms with Crippen molar-refractivity contribution >= 4 is 21.4 Å². The first kappa shape index (κ1) is 12.2. The fourth-order valence-corrected chi connectivity index (χ4v) is 3.09. The lowest BCUT2D eigenvalue weighted by molar-refractivity contribution is 0.307. The first-order valence-corrected chi connectivity index (χ1v) is 6.96. The molecule has 1 heterocycles. The number of ether oxygens (including phenoxy) is 1. The molecule has 1 aromatic heterocycles. The Labute approximate surface area is 115 Å². The van der Waals surface area contributed by atoms with E-state index in [-0.39, 0.29) is 5.82 Å². The van der Waals surface area contributed by atoms with Crippen molar-refractivity contribution in [3.63, 3.8) is 0 Å². The number of halogens is 1. The van der Waals surface area contributed by atoms with Crippen molar-refractivity contribution in [3.05, 3.63) is 64.8 Å². The van der Waals surface area contributed by atoms with Gasteiger partial charge in [-0.2, -0.15) is 0 Å². The number of hydrogen-bond donors (Lipinski definition) is 0. The van der Waals surface area contributed by atoms with Crippen molar-refractivity contribution in [2.75, 3.05) is 0 Å². The second-order valence-corrected chi connectivity index (χ2v) is 5.33. The molecule has 96 valence electrons. The van der Waals surface area contributed by atoms with Crippen LogP contribution < -0.4 is 4.74 Å². The van der Waals surface area contributed by atoms with Crippen LogP contribution in [0.3, 0.4) is 0 Å². The van der Waals surface area contributed by atoms with Gasteiger partial charge < -0.3 is 4.74 Å². The van der Waals surface area contributed by atoms with Crippen molar-refractivity contribution < 1.29 is 9.13 Å². The second-order valence-electron chi connectivity index (χ2n) is 4.46. The van der Waals surface area contributed by atoms with E-state index < -0.39 is 0 Å². The lowest BCUT2D eigenvalue weighted by Gasteiger charge is -2.05. The monoisotopic (exact) mass is 272 g/mol. The Morgan fingerprint density at radius 1 is 1.11 bits per heavy atom. The molecule has 0 bridgehead atoms. The molecule has 0 spiro atoms. The maximum atomic E-state index is 12.8. The summed E-state index contributed by atoms with van der Waals surface area (Å²) in [4.78, 5) is 0. The van der Waals surface area contributed by atoms with Crippen molar-refractivity contribution in [3.8, 4) is 5.75 Å². The highest BCUT2D eigenvalue weighted by Crippen LogP contribution is 2.29. The van der Waals surface area contributed by atoms with Crippen LogP contribution in [0.2, 0.25) is 0 Å². The fourth-order valence-electron chi connectivity index (χ4n) is 2.06. The zero-order valence-corrected chi connectivity index (χ0v) is 11.3. The number of fused-ring (bicyclic) bond motifs is 1. The van der Waals surface area contributed by atoms with E-state index in [1.54, 1.807) is 23.5 Å². The Morgan fingerprint density at radius 2 is 1.89 bits per heavy atom. The van der Waals surface area contributed by atoms with Gasteiger partial charge in [-0.1, -0.05) is 18.2 Å². The zero-order chi connectivity index (χ0) is 13.2. The third kappa shape index (κ3) is 2.47. The van der Waals surface area contributed by atoms with Crippen molar-refractivity contribution in [1.29, 1.82) is 0 Å². The summed E-state index contributed by atoms with van der Waals surface area (Å²) in [5.74, 6) is 0.442. The van der Waals surface area contributed by atoms with E-state index in [4.69, 9.17) is 4.74 Å². The summed E-state index contributed by atoms with van der Waals surface area (Å²) in [6, 6.07) is 12.4. The topological polar surface area (TPSA) is 9.23 Å². The van der Waals surface area contributed by atoms with Crippen LogP contribution in [-0.2, 0) is 6.61 Å². The van der Waals surface area contributed by atoms with Gasteiger partial charge in [-0.25, -0.2) is 4.39 Å². The number of thiophene rings is 1. The summed E-state index contributed by atoms with van der Waals surface area (Å²) in [6.07, 6.45) is 0. The molecule has 0 radical (unpaired) electrons. The van der Waals surface area contributed by atoms with E-state index in [1.165, 1.54) is 33.3 Å². The van der Waals surface area contributed by atoms with Crippen LogP contribution in [0.1, 0.15) is 11.1 Å². The minimum absolute atomic E-state index is 0.246. The van der Waals surface area contributed by atoms with Gasteiger partial charge >= 0.3 is 0 Å². The SMILES string of the molecule is Cc1cccc2c(COc3ccc(F)cc3)csc12. The number of hydrogen-bond acceptors (Lipinski definition) is 2. The molecule has 0 N–H and O–H groups in total. The third-order valence-electron chi connectivity index (χ3n) is 3.08. The summed E-state index contributed by atoms with van der Waals surface area (Å²) in [6.45, 7) is 2.62. The van der Waals surface area contributed by atoms with Crippen LogP contribution in [0.4, 0.5) is 4.39 Å². The summed E-state index contributed by atoms with van der Waals surface area (Å²) >= 11 is 1.74.